The molecule has 0 aromatic carbocycles. The Labute approximate surface area is 255 Å². The van der Waals surface area contributed by atoms with Gasteiger partial charge in [0.05, 0.1) is 24.6 Å². The highest BCUT2D eigenvalue weighted by molar-refractivity contribution is 5.11. The second-order valence-corrected chi connectivity index (χ2v) is 12.9. The first-order valence-corrected chi connectivity index (χ1v) is 16.3. The number of ether oxygens (including phenoxy) is 4. The molecule has 1 saturated carbocycles. The number of hydrogen-bond donors (Lipinski definition) is 2. The number of nitrogens with one attached hydrogen (secondary N) is 1. The summed E-state index contributed by atoms with van der Waals surface area (Å²) in [6.45, 7) is 5.90. The first kappa shape index (κ1) is 32.0. The first-order chi connectivity index (χ1) is 21.0. The molecule has 3 aliphatic rings. The lowest BCUT2D eigenvalue weighted by Gasteiger charge is -2.36. The van der Waals surface area contributed by atoms with Crippen LogP contribution in [0.25, 0.3) is 0 Å². The van der Waals surface area contributed by atoms with Gasteiger partial charge in [0.1, 0.15) is 5.76 Å². The molecular weight excluding hydrogens is 548 g/mol. The lowest BCUT2D eigenvalue weighted by atomic mass is 9.80. The van der Waals surface area contributed by atoms with Crippen LogP contribution in [0, 0.1) is 17.3 Å². The van der Waals surface area contributed by atoms with Crippen molar-refractivity contribution in [3.8, 4) is 0 Å². The lowest BCUT2D eigenvalue weighted by Crippen LogP contribution is -2.38. The molecular formula is C33H50N4O6. The van der Waals surface area contributed by atoms with Crippen molar-refractivity contribution >= 4 is 0 Å². The standard InChI is InChI=1S/C33H50N4O6/c1-33(2,23-24-12-11-21-39-24)29(43-32-16-8-10-20-41-32)18-17-26-25(13-5-3-4-6-14-30-34-36-37-35-30)27(38)22-28(26)42-31-15-7-9-19-40-31/h3,5,11-12,17-18,21,25-29,31-32,38H,4,6-10,13-16,19-20,22-23H2,1-2H3,(H,34,35,36,37). The fourth-order valence-electron chi connectivity index (χ4n) is 6.54. The van der Waals surface area contributed by atoms with Gasteiger partial charge in [-0.15, -0.1) is 10.2 Å². The topological polar surface area (TPSA) is 125 Å². The zero-order valence-electron chi connectivity index (χ0n) is 25.8. The van der Waals surface area contributed by atoms with E-state index in [0.29, 0.717) is 6.42 Å². The molecule has 7 unspecified atom stereocenters. The molecule has 5 rings (SSSR count). The number of nitrogens with zero attached hydrogens (tertiary/aromatic N) is 3. The summed E-state index contributed by atoms with van der Waals surface area (Å²) in [5, 5.41) is 25.4. The van der Waals surface area contributed by atoms with Crippen LogP contribution in [0.4, 0.5) is 0 Å². The zero-order valence-corrected chi connectivity index (χ0v) is 25.8. The smallest absolute Gasteiger partial charge is 0.174 e. The molecule has 10 heteroatoms. The number of H-pyrrole nitrogens is 1. The average molecular weight is 599 g/mol. The third-order valence-electron chi connectivity index (χ3n) is 9.02. The third kappa shape index (κ3) is 9.56. The molecule has 0 spiro atoms. The number of aromatic nitrogens is 4. The van der Waals surface area contributed by atoms with Crippen LogP contribution in [0.1, 0.15) is 89.6 Å². The quantitative estimate of drug-likeness (QED) is 0.196. The third-order valence-corrected chi connectivity index (χ3v) is 9.02. The van der Waals surface area contributed by atoms with Crippen LogP contribution in [-0.2, 0) is 31.8 Å². The van der Waals surface area contributed by atoms with Crippen LogP contribution in [-0.4, -0.2) is 69.8 Å². The highest BCUT2D eigenvalue weighted by atomic mass is 16.7. The monoisotopic (exact) mass is 598 g/mol. The Balaban J connectivity index is 1.29. The van der Waals surface area contributed by atoms with Gasteiger partial charge in [-0.2, -0.15) is 5.21 Å². The molecule has 1 aliphatic carbocycles. The molecule has 7 atom stereocenters. The lowest BCUT2D eigenvalue weighted by molar-refractivity contribution is -0.197. The Hall–Kier alpha value is -2.37. The molecule has 43 heavy (non-hydrogen) atoms. The number of hydrogen-bond acceptors (Lipinski definition) is 9. The molecule has 0 amide bonds. The summed E-state index contributed by atoms with van der Waals surface area (Å²) in [4.78, 5) is 0. The fourth-order valence-corrected chi connectivity index (χ4v) is 6.54. The number of aryl methyl sites for hydroxylation is 1. The van der Waals surface area contributed by atoms with Crippen LogP contribution in [0.2, 0.25) is 0 Å². The van der Waals surface area contributed by atoms with E-state index in [1.165, 1.54) is 0 Å². The van der Waals surface area contributed by atoms with Crippen LogP contribution in [0.5, 0.6) is 0 Å². The fraction of sp³-hybridized carbons (Fsp3) is 0.727. The summed E-state index contributed by atoms with van der Waals surface area (Å²) < 4.78 is 30.9. The summed E-state index contributed by atoms with van der Waals surface area (Å²) in [6, 6.07) is 3.95. The van der Waals surface area contributed by atoms with Crippen molar-refractivity contribution in [2.24, 2.45) is 17.3 Å². The van der Waals surface area contributed by atoms with Gasteiger partial charge < -0.3 is 28.5 Å². The van der Waals surface area contributed by atoms with E-state index < -0.39 is 6.10 Å². The van der Waals surface area contributed by atoms with E-state index in [1.807, 2.05) is 12.1 Å². The van der Waals surface area contributed by atoms with Gasteiger partial charge in [0, 0.05) is 43.8 Å². The van der Waals surface area contributed by atoms with Crippen molar-refractivity contribution in [1.29, 1.82) is 0 Å². The Bertz CT molecular complexity index is 1090. The van der Waals surface area contributed by atoms with Crippen molar-refractivity contribution in [1.82, 2.24) is 20.6 Å². The molecule has 4 heterocycles. The van der Waals surface area contributed by atoms with Gasteiger partial charge in [-0.25, -0.2) is 0 Å². The van der Waals surface area contributed by atoms with Gasteiger partial charge in [-0.1, -0.05) is 43.4 Å². The Morgan fingerprint density at radius 2 is 1.93 bits per heavy atom. The maximum Gasteiger partial charge on any atom is 0.174 e. The van der Waals surface area contributed by atoms with Crippen molar-refractivity contribution in [3.63, 3.8) is 0 Å². The molecule has 2 saturated heterocycles. The Morgan fingerprint density at radius 1 is 1.12 bits per heavy atom. The minimum atomic E-state index is -0.454. The van der Waals surface area contributed by atoms with Gasteiger partial charge in [0.25, 0.3) is 0 Å². The van der Waals surface area contributed by atoms with Crippen molar-refractivity contribution in [2.45, 2.75) is 122 Å². The molecule has 0 bridgehead atoms. The minimum Gasteiger partial charge on any atom is -0.469 e. The number of unbranched alkanes of at least 4 members (excludes halogenated alkanes) is 1. The number of rotatable bonds is 15. The Morgan fingerprint density at radius 3 is 2.63 bits per heavy atom. The molecule has 2 aliphatic heterocycles. The average Bonchev–Trinajstić information content (AvgIpc) is 3.77. The normalized spacial score (nSPS) is 29.6. The molecule has 2 aromatic heterocycles. The van der Waals surface area contributed by atoms with E-state index >= 15 is 0 Å². The number of aromatic amines is 1. The second kappa shape index (κ2) is 16.1. The molecule has 2 N–H and O–H groups in total. The van der Waals surface area contributed by atoms with Crippen LogP contribution < -0.4 is 0 Å². The van der Waals surface area contributed by atoms with Gasteiger partial charge in [-0.05, 0) is 75.8 Å². The summed E-state index contributed by atoms with van der Waals surface area (Å²) in [6.07, 6.45) is 20.3. The van der Waals surface area contributed by atoms with Crippen molar-refractivity contribution in [3.05, 3.63) is 54.3 Å². The largest absolute Gasteiger partial charge is 0.469 e. The number of allylic oxidation sites excluding steroid dienone is 2. The summed E-state index contributed by atoms with van der Waals surface area (Å²) in [5.41, 5.74) is -0.247. The summed E-state index contributed by atoms with van der Waals surface area (Å²) in [5.74, 6) is 1.74. The van der Waals surface area contributed by atoms with Gasteiger partial charge in [0.15, 0.2) is 18.4 Å². The molecule has 0 radical (unpaired) electrons. The summed E-state index contributed by atoms with van der Waals surface area (Å²) >= 11 is 0. The van der Waals surface area contributed by atoms with Crippen LogP contribution in [0.15, 0.2) is 47.1 Å². The van der Waals surface area contributed by atoms with E-state index in [2.05, 4.69) is 58.8 Å². The number of tetrazole rings is 1. The molecule has 238 valence electrons. The van der Waals surface area contributed by atoms with Gasteiger partial charge in [0.2, 0.25) is 0 Å². The van der Waals surface area contributed by atoms with Crippen LogP contribution in [0.3, 0.4) is 0 Å². The van der Waals surface area contributed by atoms with Gasteiger partial charge >= 0.3 is 0 Å². The predicted molar refractivity (Wildman–Crippen MR) is 161 cm³/mol. The SMILES string of the molecule is CC(C)(Cc1ccco1)C(C=CC1C(OC2CCCCO2)CC(O)C1CC=CCCCc1nn[nH]n1)OC1CCCCO1. The van der Waals surface area contributed by atoms with Gasteiger partial charge in [-0.3, -0.25) is 0 Å². The minimum absolute atomic E-state index is 0.0299. The zero-order chi connectivity index (χ0) is 29.9. The maximum absolute atomic E-state index is 11.3. The van der Waals surface area contributed by atoms with E-state index in [4.69, 9.17) is 23.4 Å². The highest BCUT2D eigenvalue weighted by Gasteiger charge is 2.43. The molecule has 10 nitrogen and oxygen atoms in total. The Kier molecular flexibility index (Phi) is 12.0. The molecule has 2 aromatic rings. The first-order valence-electron chi connectivity index (χ1n) is 16.3. The summed E-state index contributed by atoms with van der Waals surface area (Å²) in [7, 11) is 0. The maximum atomic E-state index is 11.3. The van der Waals surface area contributed by atoms with E-state index in [-0.39, 0.29) is 42.0 Å². The number of aliphatic hydroxyl groups is 1. The predicted octanol–water partition coefficient (Wildman–Crippen LogP) is 5.71. The highest BCUT2D eigenvalue weighted by Crippen LogP contribution is 2.40. The van der Waals surface area contributed by atoms with Crippen LogP contribution >= 0.6 is 0 Å². The van der Waals surface area contributed by atoms with Crippen molar-refractivity contribution < 1.29 is 28.5 Å². The van der Waals surface area contributed by atoms with E-state index in [0.717, 1.165) is 95.4 Å². The van der Waals surface area contributed by atoms with E-state index in [1.54, 1.807) is 6.26 Å². The molecule has 3 fully saturated rings. The second-order valence-electron chi connectivity index (χ2n) is 12.9. The van der Waals surface area contributed by atoms with E-state index in [9.17, 15) is 5.11 Å². The number of aliphatic hydroxyl groups excluding tert-OH is 1. The van der Waals surface area contributed by atoms with Crippen molar-refractivity contribution in [2.75, 3.05) is 13.2 Å². The number of furan rings is 1.